The van der Waals surface area contributed by atoms with Gasteiger partial charge >= 0.3 is 0 Å². The number of hydrogen-bond acceptors (Lipinski definition) is 4. The van der Waals surface area contributed by atoms with Crippen LogP contribution in [0.25, 0.3) is 0 Å². The van der Waals surface area contributed by atoms with Gasteiger partial charge in [-0.05, 0) is 67.3 Å². The number of hydrogen-bond donors (Lipinski definition) is 3. The van der Waals surface area contributed by atoms with Gasteiger partial charge in [0.2, 0.25) is 0 Å². The fourth-order valence-corrected chi connectivity index (χ4v) is 5.52. The van der Waals surface area contributed by atoms with Gasteiger partial charge in [-0.1, -0.05) is 33.4 Å². The topological polar surface area (TPSA) is 69.9 Å². The summed E-state index contributed by atoms with van der Waals surface area (Å²) in [5.41, 5.74) is -0.212. The van der Waals surface area contributed by atoms with Crippen LogP contribution in [0.4, 0.5) is 0 Å². The zero-order chi connectivity index (χ0) is 18.3. The predicted molar refractivity (Wildman–Crippen MR) is 95.4 cm³/mol. The molecule has 0 saturated heterocycles. The molecule has 24 heavy (non-hydrogen) atoms. The Labute approximate surface area is 146 Å². The van der Waals surface area contributed by atoms with Crippen LogP contribution in [0.2, 0.25) is 0 Å². The minimum atomic E-state index is -0.929. The van der Waals surface area contributed by atoms with Crippen molar-refractivity contribution in [2.45, 2.75) is 77.6 Å². The van der Waals surface area contributed by atoms with Crippen molar-refractivity contribution < 1.29 is 20.4 Å². The molecule has 0 radical (unpaired) electrons. The molecule has 0 amide bonds. The molecule has 0 aromatic rings. The minimum Gasteiger partial charge on any atom is -0.393 e. The van der Waals surface area contributed by atoms with Crippen molar-refractivity contribution in [3.05, 3.63) is 24.8 Å². The average Bonchev–Trinajstić information content (AvgIpc) is 2.44. The summed E-state index contributed by atoms with van der Waals surface area (Å²) >= 11 is 0. The highest BCUT2D eigenvalue weighted by Crippen LogP contribution is 2.62. The van der Waals surface area contributed by atoms with Gasteiger partial charge in [0, 0.05) is 0 Å². The van der Waals surface area contributed by atoms with Crippen LogP contribution in [0.5, 0.6) is 0 Å². The van der Waals surface area contributed by atoms with Crippen LogP contribution < -0.4 is 0 Å². The average molecular weight is 338 g/mol. The van der Waals surface area contributed by atoms with Gasteiger partial charge in [-0.25, -0.2) is 4.89 Å². The Kier molecular flexibility index (Phi) is 5.37. The predicted octanol–water partition coefficient (Wildman–Crippen LogP) is 3.94. The van der Waals surface area contributed by atoms with E-state index in [-0.39, 0.29) is 29.0 Å². The first-order valence-corrected chi connectivity index (χ1v) is 9.00. The van der Waals surface area contributed by atoms with Crippen molar-refractivity contribution in [3.8, 4) is 0 Å². The van der Waals surface area contributed by atoms with E-state index in [1.165, 1.54) is 0 Å². The van der Waals surface area contributed by atoms with Crippen LogP contribution in [-0.2, 0) is 4.89 Å². The zero-order valence-electron chi connectivity index (χ0n) is 15.6. The lowest BCUT2D eigenvalue weighted by atomic mass is 9.46. The molecule has 6 unspecified atom stereocenters. The van der Waals surface area contributed by atoms with Gasteiger partial charge in [-0.15, -0.1) is 6.58 Å². The van der Waals surface area contributed by atoms with Crippen LogP contribution >= 0.6 is 0 Å². The first kappa shape index (κ1) is 19.6. The Morgan fingerprint density at radius 1 is 1.33 bits per heavy atom. The second-order valence-corrected chi connectivity index (χ2v) is 9.17. The smallest absolute Gasteiger partial charge is 0.114 e. The van der Waals surface area contributed by atoms with Crippen LogP contribution in [0, 0.1) is 22.7 Å². The van der Waals surface area contributed by atoms with E-state index in [0.29, 0.717) is 12.3 Å². The fourth-order valence-electron chi connectivity index (χ4n) is 5.52. The molecule has 3 N–H and O–H groups in total. The standard InChI is InChI=1S/C20H34O4/c1-7-19(5,22)9-8-15-13(2)16(24-23)10-17-18(3,4)11-14(21)12-20(15,17)6/h7,14-17,21-23H,1-2,8-12H2,3-6H3. The summed E-state index contributed by atoms with van der Waals surface area (Å²) in [7, 11) is 0. The third-order valence-electron chi connectivity index (χ3n) is 6.79. The van der Waals surface area contributed by atoms with Gasteiger partial charge in [-0.2, -0.15) is 0 Å². The first-order valence-electron chi connectivity index (χ1n) is 9.00. The molecule has 0 heterocycles. The van der Waals surface area contributed by atoms with E-state index in [1.807, 2.05) is 0 Å². The van der Waals surface area contributed by atoms with E-state index in [0.717, 1.165) is 31.3 Å². The Bertz CT molecular complexity index is 496. The third kappa shape index (κ3) is 3.48. The third-order valence-corrected chi connectivity index (χ3v) is 6.79. The van der Waals surface area contributed by atoms with Gasteiger partial charge in [0.05, 0.1) is 11.7 Å². The van der Waals surface area contributed by atoms with E-state index >= 15 is 0 Å². The summed E-state index contributed by atoms with van der Waals surface area (Å²) in [5, 5.41) is 30.2. The molecule has 2 saturated carbocycles. The lowest BCUT2D eigenvalue weighted by Crippen LogP contribution is -2.56. The van der Waals surface area contributed by atoms with E-state index in [4.69, 9.17) is 4.89 Å². The normalized spacial score (nSPS) is 41.4. The summed E-state index contributed by atoms with van der Waals surface area (Å²) in [4.78, 5) is 4.76. The number of fused-ring (bicyclic) bond motifs is 1. The van der Waals surface area contributed by atoms with Crippen molar-refractivity contribution in [1.82, 2.24) is 0 Å². The maximum Gasteiger partial charge on any atom is 0.114 e. The molecule has 0 bridgehead atoms. The molecule has 0 aromatic carbocycles. The Balaban J connectivity index is 2.36. The molecule has 2 aliphatic rings. The largest absolute Gasteiger partial charge is 0.393 e. The summed E-state index contributed by atoms with van der Waals surface area (Å²) in [6.45, 7) is 16.3. The lowest BCUT2D eigenvalue weighted by Gasteiger charge is -2.60. The molecule has 138 valence electrons. The Morgan fingerprint density at radius 2 is 1.96 bits per heavy atom. The Morgan fingerprint density at radius 3 is 2.50 bits per heavy atom. The highest BCUT2D eigenvalue weighted by atomic mass is 17.1. The van der Waals surface area contributed by atoms with E-state index < -0.39 is 5.60 Å². The molecular weight excluding hydrogens is 304 g/mol. The molecule has 2 aliphatic carbocycles. The Hall–Kier alpha value is -0.680. The number of rotatable bonds is 5. The van der Waals surface area contributed by atoms with Gasteiger partial charge in [0.15, 0.2) is 0 Å². The van der Waals surface area contributed by atoms with E-state index in [1.54, 1.807) is 13.0 Å². The molecule has 0 spiro atoms. The highest BCUT2D eigenvalue weighted by Gasteiger charge is 2.57. The van der Waals surface area contributed by atoms with Crippen LogP contribution in [-0.4, -0.2) is 33.3 Å². The molecule has 2 rings (SSSR count). The second-order valence-electron chi connectivity index (χ2n) is 9.17. The quantitative estimate of drug-likeness (QED) is 0.403. The molecular formula is C20H34O4. The highest BCUT2D eigenvalue weighted by molar-refractivity contribution is 5.21. The molecule has 2 fully saturated rings. The van der Waals surface area contributed by atoms with E-state index in [2.05, 4.69) is 33.9 Å². The molecule has 0 aromatic heterocycles. The summed E-state index contributed by atoms with van der Waals surface area (Å²) in [6.07, 6.45) is 4.36. The van der Waals surface area contributed by atoms with Gasteiger partial charge in [0.25, 0.3) is 0 Å². The lowest BCUT2D eigenvalue weighted by molar-refractivity contribution is -0.287. The van der Waals surface area contributed by atoms with Crippen LogP contribution in [0.3, 0.4) is 0 Å². The van der Waals surface area contributed by atoms with Crippen LogP contribution in [0.15, 0.2) is 24.8 Å². The molecule has 0 aliphatic heterocycles. The van der Waals surface area contributed by atoms with Crippen molar-refractivity contribution >= 4 is 0 Å². The molecule has 4 nitrogen and oxygen atoms in total. The van der Waals surface area contributed by atoms with Gasteiger partial charge in [-0.3, -0.25) is 5.26 Å². The van der Waals surface area contributed by atoms with Crippen molar-refractivity contribution in [2.24, 2.45) is 22.7 Å². The summed E-state index contributed by atoms with van der Waals surface area (Å²) in [5.74, 6) is 0.392. The SMILES string of the molecule is C=CC(C)(O)CCC1C(=C)C(OO)CC2C(C)(C)CC(O)CC12C. The van der Waals surface area contributed by atoms with Crippen molar-refractivity contribution in [3.63, 3.8) is 0 Å². The van der Waals surface area contributed by atoms with Crippen LogP contribution in [0.1, 0.15) is 59.8 Å². The maximum absolute atomic E-state index is 10.5. The summed E-state index contributed by atoms with van der Waals surface area (Å²) in [6, 6.07) is 0. The van der Waals surface area contributed by atoms with E-state index in [9.17, 15) is 15.5 Å². The minimum absolute atomic E-state index is 0.0386. The number of aliphatic hydroxyl groups excluding tert-OH is 1. The fraction of sp³-hybridized carbons (Fsp3) is 0.800. The number of aliphatic hydroxyl groups is 2. The summed E-state index contributed by atoms with van der Waals surface area (Å²) < 4.78 is 0. The maximum atomic E-state index is 10.5. The molecule has 4 heteroatoms. The second kappa shape index (κ2) is 6.56. The van der Waals surface area contributed by atoms with Crippen molar-refractivity contribution in [2.75, 3.05) is 0 Å². The van der Waals surface area contributed by atoms with Crippen molar-refractivity contribution in [1.29, 1.82) is 0 Å². The first-order chi connectivity index (χ1) is 11.0. The van der Waals surface area contributed by atoms with Gasteiger partial charge in [0.1, 0.15) is 6.10 Å². The molecule has 6 atom stereocenters. The monoisotopic (exact) mass is 338 g/mol. The zero-order valence-corrected chi connectivity index (χ0v) is 15.6. The van der Waals surface area contributed by atoms with Gasteiger partial charge < -0.3 is 10.2 Å².